The van der Waals surface area contributed by atoms with Crippen LogP contribution in [0.4, 0.5) is 5.95 Å². The maximum Gasteiger partial charge on any atom is 0.201 e. The standard InChI is InChI=1S/C18H16N4S/c1-2-4-13(5-3-1)8-9-20-18-21-15-7-6-14(12-16(15)22-18)17-19-10-11-23-17/h1-7,10-12H,8-9H2,(H2,20,21,22). The van der Waals surface area contributed by atoms with Crippen molar-refractivity contribution in [2.45, 2.75) is 6.42 Å². The Balaban J connectivity index is 1.48. The first-order valence-electron chi connectivity index (χ1n) is 7.56. The topological polar surface area (TPSA) is 53.6 Å². The average Bonchev–Trinajstić information content (AvgIpc) is 3.24. The quantitative estimate of drug-likeness (QED) is 0.575. The minimum Gasteiger partial charge on any atom is -0.355 e. The van der Waals surface area contributed by atoms with Gasteiger partial charge in [0.2, 0.25) is 5.95 Å². The third-order valence-electron chi connectivity index (χ3n) is 3.71. The van der Waals surface area contributed by atoms with Crippen LogP contribution in [0.3, 0.4) is 0 Å². The summed E-state index contributed by atoms with van der Waals surface area (Å²) in [5.41, 5.74) is 4.43. The number of fused-ring (bicyclic) bond motifs is 1. The number of aromatic amines is 1. The molecule has 0 saturated carbocycles. The van der Waals surface area contributed by atoms with Gasteiger partial charge in [-0.1, -0.05) is 30.3 Å². The molecule has 0 spiro atoms. The Labute approximate surface area is 138 Å². The molecule has 0 radical (unpaired) electrons. The van der Waals surface area contributed by atoms with Crippen LogP contribution in [0.1, 0.15) is 5.56 Å². The molecule has 0 fully saturated rings. The van der Waals surface area contributed by atoms with Gasteiger partial charge in [-0.25, -0.2) is 9.97 Å². The highest BCUT2D eigenvalue weighted by atomic mass is 32.1. The Morgan fingerprint density at radius 3 is 2.83 bits per heavy atom. The van der Waals surface area contributed by atoms with Crippen LogP contribution < -0.4 is 5.32 Å². The molecular formula is C18H16N4S. The van der Waals surface area contributed by atoms with E-state index in [1.54, 1.807) is 11.3 Å². The van der Waals surface area contributed by atoms with Gasteiger partial charge in [0.25, 0.3) is 0 Å². The summed E-state index contributed by atoms with van der Waals surface area (Å²) < 4.78 is 0. The fourth-order valence-electron chi connectivity index (χ4n) is 2.56. The molecule has 2 heterocycles. The number of thiazole rings is 1. The normalized spacial score (nSPS) is 11.0. The third kappa shape index (κ3) is 3.10. The summed E-state index contributed by atoms with van der Waals surface area (Å²) in [6.45, 7) is 0.850. The highest BCUT2D eigenvalue weighted by molar-refractivity contribution is 7.13. The van der Waals surface area contributed by atoms with Crippen molar-refractivity contribution in [3.8, 4) is 10.6 Å². The summed E-state index contributed by atoms with van der Waals surface area (Å²) in [5, 5.41) is 6.37. The van der Waals surface area contributed by atoms with Gasteiger partial charge in [-0.3, -0.25) is 0 Å². The SMILES string of the molecule is c1ccc(CCNc2nc3ccc(-c4nccs4)cc3[nH]2)cc1. The van der Waals surface area contributed by atoms with Crippen LogP contribution in [0, 0.1) is 0 Å². The van der Waals surface area contributed by atoms with E-state index in [2.05, 4.69) is 56.7 Å². The first-order valence-corrected chi connectivity index (χ1v) is 8.44. The van der Waals surface area contributed by atoms with Crippen molar-refractivity contribution in [1.29, 1.82) is 0 Å². The van der Waals surface area contributed by atoms with E-state index in [9.17, 15) is 0 Å². The minimum atomic E-state index is 0.812. The van der Waals surface area contributed by atoms with Crippen LogP contribution >= 0.6 is 11.3 Å². The molecule has 0 aliphatic heterocycles. The van der Waals surface area contributed by atoms with E-state index in [4.69, 9.17) is 0 Å². The Morgan fingerprint density at radius 1 is 1.09 bits per heavy atom. The molecule has 2 aromatic carbocycles. The van der Waals surface area contributed by atoms with E-state index in [1.165, 1.54) is 5.56 Å². The number of nitrogens with zero attached hydrogens (tertiary/aromatic N) is 2. The molecule has 5 heteroatoms. The zero-order valence-corrected chi connectivity index (χ0v) is 13.3. The largest absolute Gasteiger partial charge is 0.355 e. The number of aromatic nitrogens is 3. The second kappa shape index (κ2) is 6.22. The Kier molecular flexibility index (Phi) is 3.78. The maximum absolute atomic E-state index is 4.58. The van der Waals surface area contributed by atoms with Gasteiger partial charge < -0.3 is 10.3 Å². The van der Waals surface area contributed by atoms with Crippen molar-refractivity contribution in [2.24, 2.45) is 0 Å². The molecule has 0 bridgehead atoms. The Hall–Kier alpha value is -2.66. The van der Waals surface area contributed by atoms with Crippen LogP contribution in [0.2, 0.25) is 0 Å². The lowest BCUT2D eigenvalue weighted by Gasteiger charge is -2.02. The lowest BCUT2D eigenvalue weighted by Crippen LogP contribution is -2.05. The molecule has 0 amide bonds. The van der Waals surface area contributed by atoms with Gasteiger partial charge in [0.05, 0.1) is 11.0 Å². The number of benzene rings is 2. The van der Waals surface area contributed by atoms with Crippen molar-refractivity contribution in [2.75, 3.05) is 11.9 Å². The fraction of sp³-hybridized carbons (Fsp3) is 0.111. The van der Waals surface area contributed by atoms with Gasteiger partial charge in [-0.2, -0.15) is 0 Å². The molecule has 4 nitrogen and oxygen atoms in total. The first kappa shape index (κ1) is 14.0. The number of imidazole rings is 1. The summed E-state index contributed by atoms with van der Waals surface area (Å²) in [7, 11) is 0. The summed E-state index contributed by atoms with van der Waals surface area (Å²) in [4.78, 5) is 12.3. The maximum atomic E-state index is 4.58. The summed E-state index contributed by atoms with van der Waals surface area (Å²) in [6, 6.07) is 16.6. The predicted octanol–water partition coefficient (Wildman–Crippen LogP) is 4.34. The number of rotatable bonds is 5. The summed E-state index contributed by atoms with van der Waals surface area (Å²) in [5.74, 6) is 0.812. The van der Waals surface area contributed by atoms with Crippen LogP contribution in [0.5, 0.6) is 0 Å². The van der Waals surface area contributed by atoms with Gasteiger partial charge in [-0.15, -0.1) is 11.3 Å². The molecule has 0 atom stereocenters. The fourth-order valence-corrected chi connectivity index (χ4v) is 3.20. The van der Waals surface area contributed by atoms with Crippen LogP contribution in [0.25, 0.3) is 21.6 Å². The van der Waals surface area contributed by atoms with Crippen LogP contribution in [0.15, 0.2) is 60.1 Å². The van der Waals surface area contributed by atoms with Crippen molar-refractivity contribution >= 4 is 28.3 Å². The second-order valence-corrected chi connectivity index (χ2v) is 6.21. The molecule has 0 saturated heterocycles. The van der Waals surface area contributed by atoms with E-state index in [1.807, 2.05) is 23.7 Å². The number of H-pyrrole nitrogens is 1. The predicted molar refractivity (Wildman–Crippen MR) is 95.8 cm³/mol. The lowest BCUT2D eigenvalue weighted by atomic mass is 10.1. The van der Waals surface area contributed by atoms with Gasteiger partial charge >= 0.3 is 0 Å². The number of nitrogens with one attached hydrogen (secondary N) is 2. The molecule has 0 unspecified atom stereocenters. The molecule has 2 aromatic heterocycles. The van der Waals surface area contributed by atoms with Gasteiger partial charge in [0.1, 0.15) is 5.01 Å². The lowest BCUT2D eigenvalue weighted by molar-refractivity contribution is 1.000. The number of anilines is 1. The summed E-state index contributed by atoms with van der Waals surface area (Å²) >= 11 is 1.64. The molecule has 114 valence electrons. The van der Waals surface area contributed by atoms with Crippen molar-refractivity contribution in [3.05, 3.63) is 65.7 Å². The van der Waals surface area contributed by atoms with E-state index in [-0.39, 0.29) is 0 Å². The molecule has 4 aromatic rings. The highest BCUT2D eigenvalue weighted by Crippen LogP contribution is 2.25. The molecular weight excluding hydrogens is 304 g/mol. The number of hydrogen-bond acceptors (Lipinski definition) is 4. The zero-order chi connectivity index (χ0) is 15.5. The highest BCUT2D eigenvalue weighted by Gasteiger charge is 2.06. The van der Waals surface area contributed by atoms with Crippen molar-refractivity contribution in [1.82, 2.24) is 15.0 Å². The Morgan fingerprint density at radius 2 is 2.00 bits per heavy atom. The van der Waals surface area contributed by atoms with Gasteiger partial charge in [0.15, 0.2) is 0 Å². The van der Waals surface area contributed by atoms with Crippen LogP contribution in [-0.4, -0.2) is 21.5 Å². The van der Waals surface area contributed by atoms with E-state index in [0.29, 0.717) is 0 Å². The molecule has 0 aliphatic rings. The van der Waals surface area contributed by atoms with E-state index >= 15 is 0 Å². The molecule has 23 heavy (non-hydrogen) atoms. The Bertz CT molecular complexity index is 897. The van der Waals surface area contributed by atoms with E-state index in [0.717, 1.165) is 40.5 Å². The van der Waals surface area contributed by atoms with E-state index < -0.39 is 0 Å². The van der Waals surface area contributed by atoms with Gasteiger partial charge in [0, 0.05) is 23.7 Å². The van der Waals surface area contributed by atoms with Gasteiger partial charge in [-0.05, 0) is 30.2 Å². The first-order chi connectivity index (χ1) is 11.4. The molecule has 2 N–H and O–H groups in total. The smallest absolute Gasteiger partial charge is 0.201 e. The van der Waals surface area contributed by atoms with Crippen molar-refractivity contribution < 1.29 is 0 Å². The van der Waals surface area contributed by atoms with Crippen LogP contribution in [-0.2, 0) is 6.42 Å². The second-order valence-electron chi connectivity index (χ2n) is 5.32. The molecule has 0 aliphatic carbocycles. The third-order valence-corrected chi connectivity index (χ3v) is 4.53. The summed E-state index contributed by atoms with van der Waals surface area (Å²) in [6.07, 6.45) is 2.80. The van der Waals surface area contributed by atoms with Crippen molar-refractivity contribution in [3.63, 3.8) is 0 Å². The zero-order valence-electron chi connectivity index (χ0n) is 12.5. The monoisotopic (exact) mass is 320 g/mol. The molecule has 4 rings (SSSR count). The average molecular weight is 320 g/mol. The minimum absolute atomic E-state index is 0.812. The number of hydrogen-bond donors (Lipinski definition) is 2.